The Morgan fingerprint density at radius 3 is 1.50 bits per heavy atom. The molecule has 4 heteroatoms. The van der Waals surface area contributed by atoms with Crippen LogP contribution in [-0.4, -0.2) is 0 Å². The summed E-state index contributed by atoms with van der Waals surface area (Å²) in [5.41, 5.74) is 11.0. The number of halogens is 3. The summed E-state index contributed by atoms with van der Waals surface area (Å²) in [6.07, 6.45) is 8.02. The zero-order chi connectivity index (χ0) is 17.3. The quantitative estimate of drug-likeness (QED) is 0.344. The molecule has 3 rings (SSSR count). The average Bonchev–Trinajstić information content (AvgIpc) is 2.93. The van der Waals surface area contributed by atoms with E-state index in [1.54, 1.807) is 0 Å². The molecule has 0 bridgehead atoms. The van der Waals surface area contributed by atoms with Crippen molar-refractivity contribution in [3.05, 3.63) is 93.1 Å². The van der Waals surface area contributed by atoms with E-state index >= 15 is 0 Å². The zero-order valence-electron chi connectivity index (χ0n) is 17.2. The van der Waals surface area contributed by atoms with E-state index in [1.807, 2.05) is 0 Å². The first kappa shape index (κ1) is 29.7. The SMILES string of the molecule is CCC1=CC[C-]=C1C(c1cc(C)cc(C)c1)c1cc(C)cc(C)c1.[Cl-].[Cl-].[Cl-].[Ti+4]. The molecule has 148 valence electrons. The van der Waals surface area contributed by atoms with Crippen molar-refractivity contribution in [3.8, 4) is 0 Å². The summed E-state index contributed by atoms with van der Waals surface area (Å²) in [6.45, 7) is 11.0. The summed E-state index contributed by atoms with van der Waals surface area (Å²) in [5.74, 6) is 0.288. The van der Waals surface area contributed by atoms with Gasteiger partial charge in [0.15, 0.2) is 0 Å². The van der Waals surface area contributed by atoms with E-state index < -0.39 is 0 Å². The van der Waals surface area contributed by atoms with E-state index in [2.05, 4.69) is 83.2 Å². The molecule has 0 saturated heterocycles. The Kier molecular flexibility index (Phi) is 13.7. The number of hydrogen-bond donors (Lipinski definition) is 0. The summed E-state index contributed by atoms with van der Waals surface area (Å²) >= 11 is 0. The van der Waals surface area contributed by atoms with E-state index in [-0.39, 0.29) is 64.9 Å². The van der Waals surface area contributed by atoms with Gasteiger partial charge < -0.3 is 37.2 Å². The Hall–Kier alpha value is -0.496. The monoisotopic (exact) mass is 468 g/mol. The number of benzene rings is 2. The minimum Gasteiger partial charge on any atom is -1.00 e. The molecular formula is C24H27Cl3Ti. The van der Waals surface area contributed by atoms with Crippen LogP contribution in [0.1, 0.15) is 59.1 Å². The fourth-order valence-electron chi connectivity index (χ4n) is 4.01. The van der Waals surface area contributed by atoms with Gasteiger partial charge in [-0.25, -0.2) is 5.57 Å². The fourth-order valence-corrected chi connectivity index (χ4v) is 4.01. The number of rotatable bonds is 4. The third-order valence-corrected chi connectivity index (χ3v) is 4.81. The maximum absolute atomic E-state index is 3.66. The Labute approximate surface area is 204 Å². The minimum absolute atomic E-state index is 0. The van der Waals surface area contributed by atoms with Gasteiger partial charge in [0.1, 0.15) is 0 Å². The zero-order valence-corrected chi connectivity index (χ0v) is 21.0. The molecule has 0 atom stereocenters. The van der Waals surface area contributed by atoms with Gasteiger partial charge in [0.2, 0.25) is 0 Å². The predicted molar refractivity (Wildman–Crippen MR) is 103 cm³/mol. The Morgan fingerprint density at radius 2 is 1.14 bits per heavy atom. The number of allylic oxidation sites excluding steroid dienone is 4. The number of aryl methyl sites for hydroxylation is 4. The van der Waals surface area contributed by atoms with Crippen LogP contribution in [0.25, 0.3) is 0 Å². The molecule has 0 aromatic heterocycles. The van der Waals surface area contributed by atoms with Gasteiger partial charge in [-0.2, -0.15) is 11.6 Å². The minimum atomic E-state index is 0. The Bertz CT molecular complexity index is 746. The normalized spacial score (nSPS) is 12.1. The third-order valence-electron chi connectivity index (χ3n) is 4.81. The number of hydrogen-bond acceptors (Lipinski definition) is 0. The van der Waals surface area contributed by atoms with E-state index in [0.717, 1.165) is 12.8 Å². The van der Waals surface area contributed by atoms with Crippen LogP contribution >= 0.6 is 0 Å². The second-order valence-corrected chi connectivity index (χ2v) is 7.15. The predicted octanol–water partition coefficient (Wildman–Crippen LogP) is -2.47. The standard InChI is InChI=1S/C24H27.3ClH.Ti/c1-6-20-8-7-9-23(20)24(21-12-16(2)10-17(3)13-21)22-14-18(4)11-19(5)15-22;;;;/h8,10-15,24H,6-7H2,1-5H3;3*1H;/q-1;;;;+4/p-3. The average molecular weight is 470 g/mol. The van der Waals surface area contributed by atoms with Crippen LogP contribution < -0.4 is 37.2 Å². The second-order valence-electron chi connectivity index (χ2n) is 7.15. The molecule has 28 heavy (non-hydrogen) atoms. The van der Waals surface area contributed by atoms with Gasteiger partial charge in [-0.1, -0.05) is 72.0 Å². The molecule has 0 nitrogen and oxygen atoms in total. The molecule has 1 aliphatic rings. The Morgan fingerprint density at radius 1 is 0.750 bits per heavy atom. The topological polar surface area (TPSA) is 0 Å². The molecule has 0 spiro atoms. The van der Waals surface area contributed by atoms with Crippen LogP contribution in [0, 0.1) is 33.8 Å². The van der Waals surface area contributed by atoms with E-state index in [0.29, 0.717) is 0 Å². The van der Waals surface area contributed by atoms with Gasteiger partial charge in [0.25, 0.3) is 0 Å². The van der Waals surface area contributed by atoms with Crippen molar-refractivity contribution in [2.24, 2.45) is 0 Å². The van der Waals surface area contributed by atoms with E-state index in [1.165, 1.54) is 44.5 Å². The Balaban J connectivity index is 0. The van der Waals surface area contributed by atoms with Gasteiger partial charge >= 0.3 is 21.7 Å². The molecule has 0 fully saturated rings. The maximum atomic E-state index is 3.66. The molecule has 2 aromatic rings. The van der Waals surface area contributed by atoms with Gasteiger partial charge in [-0.15, -0.1) is 6.42 Å². The van der Waals surface area contributed by atoms with Crippen molar-refractivity contribution in [1.82, 2.24) is 0 Å². The first-order valence-electron chi connectivity index (χ1n) is 8.94. The van der Waals surface area contributed by atoms with Crippen LogP contribution in [0.15, 0.2) is 53.6 Å². The molecule has 0 amide bonds. The van der Waals surface area contributed by atoms with Crippen molar-refractivity contribution in [2.75, 3.05) is 0 Å². The van der Waals surface area contributed by atoms with Gasteiger partial charge in [0, 0.05) is 5.92 Å². The fraction of sp³-hybridized carbons (Fsp3) is 0.333. The maximum Gasteiger partial charge on any atom is 4.00 e. The van der Waals surface area contributed by atoms with Gasteiger partial charge in [0.05, 0.1) is 0 Å². The summed E-state index contributed by atoms with van der Waals surface area (Å²) in [6, 6.07) is 13.9. The van der Waals surface area contributed by atoms with Crippen molar-refractivity contribution in [3.63, 3.8) is 0 Å². The molecule has 0 saturated carbocycles. The molecule has 0 radical (unpaired) electrons. The van der Waals surface area contributed by atoms with Crippen molar-refractivity contribution in [1.29, 1.82) is 0 Å². The van der Waals surface area contributed by atoms with Crippen LogP contribution in [0.5, 0.6) is 0 Å². The first-order valence-corrected chi connectivity index (χ1v) is 8.94. The van der Waals surface area contributed by atoms with Crippen molar-refractivity contribution in [2.45, 2.75) is 53.4 Å². The molecular weight excluding hydrogens is 442 g/mol. The molecule has 2 aromatic carbocycles. The molecule has 0 N–H and O–H groups in total. The van der Waals surface area contributed by atoms with Crippen LogP contribution in [0.3, 0.4) is 0 Å². The molecule has 1 aliphatic carbocycles. The summed E-state index contributed by atoms with van der Waals surface area (Å²) in [4.78, 5) is 0. The van der Waals surface area contributed by atoms with E-state index in [4.69, 9.17) is 0 Å². The summed E-state index contributed by atoms with van der Waals surface area (Å²) < 4.78 is 0. The second kappa shape index (κ2) is 12.9. The smallest absolute Gasteiger partial charge is 1.00 e. The summed E-state index contributed by atoms with van der Waals surface area (Å²) in [5, 5.41) is 0. The molecule has 0 heterocycles. The van der Waals surface area contributed by atoms with Crippen LogP contribution in [-0.2, 0) is 21.7 Å². The largest absolute Gasteiger partial charge is 4.00 e. The van der Waals surface area contributed by atoms with Crippen LogP contribution in [0.2, 0.25) is 0 Å². The third kappa shape index (κ3) is 6.79. The molecule has 0 unspecified atom stereocenters. The van der Waals surface area contributed by atoms with Crippen molar-refractivity contribution < 1.29 is 58.9 Å². The first-order chi connectivity index (χ1) is 11.5. The van der Waals surface area contributed by atoms with Crippen LogP contribution in [0.4, 0.5) is 0 Å². The summed E-state index contributed by atoms with van der Waals surface area (Å²) in [7, 11) is 0. The van der Waals surface area contributed by atoms with Gasteiger partial charge in [-0.3, -0.25) is 6.08 Å². The van der Waals surface area contributed by atoms with Gasteiger partial charge in [-0.05, 0) is 38.8 Å². The van der Waals surface area contributed by atoms with Crippen molar-refractivity contribution >= 4 is 0 Å². The molecule has 0 aliphatic heterocycles. The van der Waals surface area contributed by atoms with E-state index in [9.17, 15) is 0 Å².